The first-order valence-corrected chi connectivity index (χ1v) is 9.19. The van der Waals surface area contributed by atoms with Gasteiger partial charge in [0.15, 0.2) is 0 Å². The lowest BCUT2D eigenvalue weighted by atomic mass is 10.2. The molecule has 0 amide bonds. The van der Waals surface area contributed by atoms with Gasteiger partial charge in [-0.1, -0.05) is 43.2 Å². The Balaban J connectivity index is 2.08. The Morgan fingerprint density at radius 3 is 2.56 bits per heavy atom. The Labute approximate surface area is 151 Å². The second-order valence-electron chi connectivity index (χ2n) is 6.09. The largest absolute Gasteiger partial charge is 0.460 e. The van der Waals surface area contributed by atoms with E-state index in [1.54, 1.807) is 0 Å². The van der Waals surface area contributed by atoms with E-state index in [-0.39, 0.29) is 19.1 Å². The second-order valence-corrected chi connectivity index (χ2v) is 6.09. The second kappa shape index (κ2) is 14.8. The predicted molar refractivity (Wildman–Crippen MR) is 100 cm³/mol. The Morgan fingerprint density at radius 2 is 1.84 bits per heavy atom. The lowest BCUT2D eigenvalue weighted by Crippen LogP contribution is -2.36. The molecule has 0 aliphatic rings. The van der Waals surface area contributed by atoms with Crippen LogP contribution in [0.25, 0.3) is 0 Å². The van der Waals surface area contributed by atoms with Crippen molar-refractivity contribution < 1.29 is 14.6 Å². The van der Waals surface area contributed by atoms with Crippen LogP contribution in [0.2, 0.25) is 0 Å². The van der Waals surface area contributed by atoms with Crippen LogP contribution in [0.3, 0.4) is 0 Å². The Kier molecular flexibility index (Phi) is 12.8. The number of hydrogen-bond acceptors (Lipinski definition) is 6. The molecule has 0 spiro atoms. The van der Waals surface area contributed by atoms with E-state index in [4.69, 9.17) is 15.6 Å². The monoisotopic (exact) mass is 351 g/mol. The van der Waals surface area contributed by atoms with Crippen molar-refractivity contribution in [3.63, 3.8) is 0 Å². The van der Waals surface area contributed by atoms with Gasteiger partial charge in [0.2, 0.25) is 0 Å². The molecule has 1 rings (SSSR count). The van der Waals surface area contributed by atoms with Gasteiger partial charge in [0.25, 0.3) is 0 Å². The molecule has 0 saturated carbocycles. The maximum atomic E-state index is 11.7. The van der Waals surface area contributed by atoms with Crippen molar-refractivity contribution in [2.24, 2.45) is 5.73 Å². The van der Waals surface area contributed by atoms with E-state index in [1.807, 2.05) is 30.3 Å². The van der Waals surface area contributed by atoms with Crippen molar-refractivity contribution in [3.05, 3.63) is 35.9 Å². The number of hydrogen-bond donors (Lipinski definition) is 3. The number of unbranched alkanes of at least 4 members (excludes halogenated alkanes) is 3. The number of aliphatic hydroxyl groups excluding tert-OH is 1. The summed E-state index contributed by atoms with van der Waals surface area (Å²) in [7, 11) is 0. The topological polar surface area (TPSA) is 87.8 Å². The third-order valence-electron chi connectivity index (χ3n) is 3.96. The number of carbonyl (C=O) groups excluding carboxylic acids is 1. The molecule has 0 bridgehead atoms. The van der Waals surface area contributed by atoms with Gasteiger partial charge in [0, 0.05) is 19.6 Å². The van der Waals surface area contributed by atoms with Gasteiger partial charge in [0.1, 0.15) is 6.61 Å². The van der Waals surface area contributed by atoms with E-state index >= 15 is 0 Å². The van der Waals surface area contributed by atoms with Gasteiger partial charge >= 0.3 is 5.97 Å². The van der Waals surface area contributed by atoms with Crippen molar-refractivity contribution in [2.45, 2.75) is 32.3 Å². The minimum atomic E-state index is -0.251. The normalized spacial score (nSPS) is 11.0. The fourth-order valence-corrected chi connectivity index (χ4v) is 2.53. The molecule has 0 aliphatic carbocycles. The van der Waals surface area contributed by atoms with Crippen LogP contribution in [0.4, 0.5) is 0 Å². The maximum Gasteiger partial charge on any atom is 0.320 e. The molecule has 0 aromatic heterocycles. The van der Waals surface area contributed by atoms with Crippen molar-refractivity contribution in [1.82, 2.24) is 10.2 Å². The molecule has 6 nitrogen and oxygen atoms in total. The molecule has 0 heterocycles. The van der Waals surface area contributed by atoms with Crippen LogP contribution in [0, 0.1) is 0 Å². The highest BCUT2D eigenvalue weighted by Gasteiger charge is 2.06. The first-order valence-electron chi connectivity index (χ1n) is 9.19. The summed E-state index contributed by atoms with van der Waals surface area (Å²) in [5.41, 5.74) is 6.47. The summed E-state index contributed by atoms with van der Waals surface area (Å²) in [5.74, 6) is -0.251. The molecule has 25 heavy (non-hydrogen) atoms. The van der Waals surface area contributed by atoms with E-state index in [2.05, 4.69) is 10.2 Å². The van der Waals surface area contributed by atoms with Crippen LogP contribution < -0.4 is 11.1 Å². The number of esters is 1. The molecule has 0 saturated heterocycles. The fraction of sp³-hybridized carbons (Fsp3) is 0.632. The smallest absolute Gasteiger partial charge is 0.320 e. The first-order chi connectivity index (χ1) is 12.3. The quantitative estimate of drug-likeness (QED) is 0.324. The van der Waals surface area contributed by atoms with E-state index in [1.165, 1.54) is 6.42 Å². The highest BCUT2D eigenvalue weighted by atomic mass is 16.5. The average Bonchev–Trinajstić information content (AvgIpc) is 2.64. The van der Waals surface area contributed by atoms with Crippen molar-refractivity contribution in [1.29, 1.82) is 0 Å². The molecule has 0 unspecified atom stereocenters. The minimum absolute atomic E-state index is 0.155. The van der Waals surface area contributed by atoms with Gasteiger partial charge in [-0.15, -0.1) is 0 Å². The van der Waals surface area contributed by atoms with E-state index in [0.717, 1.165) is 44.5 Å². The minimum Gasteiger partial charge on any atom is -0.460 e. The van der Waals surface area contributed by atoms with Gasteiger partial charge in [0.05, 0.1) is 13.2 Å². The third-order valence-corrected chi connectivity index (χ3v) is 3.96. The number of nitrogens with zero attached hydrogens (tertiary/aromatic N) is 1. The molecular weight excluding hydrogens is 318 g/mol. The van der Waals surface area contributed by atoms with E-state index < -0.39 is 0 Å². The van der Waals surface area contributed by atoms with Gasteiger partial charge in [-0.2, -0.15) is 0 Å². The van der Waals surface area contributed by atoms with Crippen LogP contribution in [0.5, 0.6) is 0 Å². The number of ether oxygens (including phenoxy) is 1. The summed E-state index contributed by atoms with van der Waals surface area (Å²) in [6.45, 7) is 4.55. The summed E-state index contributed by atoms with van der Waals surface area (Å²) in [4.78, 5) is 13.9. The van der Waals surface area contributed by atoms with Gasteiger partial charge in [-0.05, 0) is 31.5 Å². The van der Waals surface area contributed by atoms with Crippen LogP contribution in [0.15, 0.2) is 30.3 Å². The predicted octanol–water partition coefficient (Wildman–Crippen LogP) is 1.13. The average molecular weight is 351 g/mol. The van der Waals surface area contributed by atoms with Crippen molar-refractivity contribution >= 4 is 5.97 Å². The molecule has 1 aromatic carbocycles. The third kappa shape index (κ3) is 11.7. The number of carbonyl (C=O) groups is 1. The summed E-state index contributed by atoms with van der Waals surface area (Å²) < 4.78 is 5.22. The summed E-state index contributed by atoms with van der Waals surface area (Å²) in [5, 5.41) is 12.3. The van der Waals surface area contributed by atoms with Crippen LogP contribution in [-0.2, 0) is 16.1 Å². The zero-order valence-electron chi connectivity index (χ0n) is 15.2. The highest BCUT2D eigenvalue weighted by molar-refractivity contribution is 5.71. The SMILES string of the molecule is NCCCCCCN(CCO)CCNCC(=O)OCc1ccccc1. The van der Waals surface area contributed by atoms with Crippen LogP contribution in [-0.4, -0.2) is 61.9 Å². The molecule has 0 atom stereocenters. The first kappa shape index (κ1) is 21.6. The van der Waals surface area contributed by atoms with Gasteiger partial charge in [-0.25, -0.2) is 0 Å². The Morgan fingerprint density at radius 1 is 1.08 bits per heavy atom. The molecule has 142 valence electrons. The number of benzene rings is 1. The number of nitrogens with two attached hydrogens (primary N) is 1. The zero-order valence-corrected chi connectivity index (χ0v) is 15.2. The van der Waals surface area contributed by atoms with Gasteiger partial charge in [-0.3, -0.25) is 9.69 Å². The molecule has 4 N–H and O–H groups in total. The van der Waals surface area contributed by atoms with Crippen molar-refractivity contribution in [3.8, 4) is 0 Å². The molecule has 0 radical (unpaired) electrons. The number of rotatable bonds is 15. The summed E-state index contributed by atoms with van der Waals surface area (Å²) in [6, 6.07) is 9.64. The summed E-state index contributed by atoms with van der Waals surface area (Å²) in [6.07, 6.45) is 4.51. The number of aliphatic hydroxyl groups is 1. The lowest BCUT2D eigenvalue weighted by Gasteiger charge is -2.21. The molecule has 1 aromatic rings. The molecular formula is C19H33N3O3. The standard InChI is InChI=1S/C19H33N3O3/c20-10-6-1-2-7-12-22(14-15-23)13-11-21-16-19(24)25-17-18-8-4-3-5-9-18/h3-5,8-9,21,23H,1-2,6-7,10-17,20H2. The number of nitrogens with one attached hydrogen (secondary N) is 1. The van der Waals surface area contributed by atoms with Gasteiger partial charge < -0.3 is 20.9 Å². The van der Waals surface area contributed by atoms with Crippen LogP contribution >= 0.6 is 0 Å². The van der Waals surface area contributed by atoms with E-state index in [0.29, 0.717) is 19.7 Å². The molecule has 6 heteroatoms. The van der Waals surface area contributed by atoms with Crippen LogP contribution in [0.1, 0.15) is 31.2 Å². The fourth-order valence-electron chi connectivity index (χ4n) is 2.53. The maximum absolute atomic E-state index is 11.7. The Hall–Kier alpha value is -1.47. The molecule has 0 fully saturated rings. The van der Waals surface area contributed by atoms with Crippen molar-refractivity contribution in [2.75, 3.05) is 45.9 Å². The Bertz CT molecular complexity index is 443. The highest BCUT2D eigenvalue weighted by Crippen LogP contribution is 2.01. The molecule has 0 aliphatic heterocycles. The van der Waals surface area contributed by atoms with E-state index in [9.17, 15) is 4.79 Å². The summed E-state index contributed by atoms with van der Waals surface area (Å²) >= 11 is 0. The lowest BCUT2D eigenvalue weighted by molar-refractivity contribution is -0.143. The zero-order chi connectivity index (χ0) is 18.2.